The molecule has 1 fully saturated rings. The lowest BCUT2D eigenvalue weighted by Crippen LogP contribution is -2.13. The molecule has 0 nitrogen and oxygen atoms in total. The summed E-state index contributed by atoms with van der Waals surface area (Å²) >= 11 is 0. The van der Waals surface area contributed by atoms with Gasteiger partial charge in [-0.1, -0.05) is 12.2 Å². The summed E-state index contributed by atoms with van der Waals surface area (Å²) in [6.07, 6.45) is 1.95. The molecule has 0 aromatic rings. The molecule has 58 valence electrons. The summed E-state index contributed by atoms with van der Waals surface area (Å²) in [4.78, 5) is 0. The summed E-state index contributed by atoms with van der Waals surface area (Å²) in [5.74, 6) is -2.42. The van der Waals surface area contributed by atoms with E-state index in [1.165, 1.54) is 0 Å². The van der Waals surface area contributed by atoms with Gasteiger partial charge in [0.2, 0.25) is 5.92 Å². The summed E-state index contributed by atoms with van der Waals surface area (Å²) < 4.78 is 25.2. The van der Waals surface area contributed by atoms with Gasteiger partial charge in [-0.05, 0) is 19.3 Å². The van der Waals surface area contributed by atoms with E-state index in [4.69, 9.17) is 0 Å². The van der Waals surface area contributed by atoms with Crippen molar-refractivity contribution in [1.29, 1.82) is 0 Å². The van der Waals surface area contributed by atoms with Crippen LogP contribution >= 0.6 is 0 Å². The minimum Gasteiger partial charge on any atom is -0.207 e. The molecule has 10 heavy (non-hydrogen) atoms. The molecule has 0 spiro atoms. The number of allylic oxidation sites excluding steroid dienone is 1. The van der Waals surface area contributed by atoms with Gasteiger partial charge < -0.3 is 0 Å². The van der Waals surface area contributed by atoms with Crippen molar-refractivity contribution >= 4 is 0 Å². The van der Waals surface area contributed by atoms with E-state index in [1.807, 2.05) is 0 Å². The first-order valence-corrected chi connectivity index (χ1v) is 3.65. The molecule has 1 rings (SSSR count). The second kappa shape index (κ2) is 2.69. The zero-order valence-electron chi connectivity index (χ0n) is 6.00. The van der Waals surface area contributed by atoms with Crippen molar-refractivity contribution in [2.24, 2.45) is 0 Å². The normalized spacial score (nSPS) is 26.0. The van der Waals surface area contributed by atoms with Crippen LogP contribution in [-0.4, -0.2) is 5.92 Å². The van der Waals surface area contributed by atoms with Crippen LogP contribution in [0, 0.1) is 0 Å². The highest BCUT2D eigenvalue weighted by molar-refractivity contribution is 4.97. The molecule has 0 aromatic carbocycles. The molecular weight excluding hydrogens is 134 g/mol. The van der Waals surface area contributed by atoms with E-state index in [2.05, 4.69) is 6.58 Å². The number of halogens is 2. The molecule has 1 aliphatic carbocycles. The summed E-state index contributed by atoms with van der Waals surface area (Å²) in [6, 6.07) is 0. The number of alkyl halides is 2. The highest BCUT2D eigenvalue weighted by Gasteiger charge is 2.29. The van der Waals surface area contributed by atoms with Gasteiger partial charge in [-0.25, -0.2) is 8.78 Å². The van der Waals surface area contributed by atoms with Crippen LogP contribution in [0.2, 0.25) is 0 Å². The van der Waals surface area contributed by atoms with E-state index < -0.39 is 5.92 Å². The quantitative estimate of drug-likeness (QED) is 0.364. The molecule has 0 atom stereocenters. The zero-order chi connectivity index (χ0) is 7.61. The molecule has 0 heterocycles. The maximum absolute atomic E-state index is 12.6. The van der Waals surface area contributed by atoms with Crippen LogP contribution in [0.3, 0.4) is 0 Å². The third-order valence-corrected chi connectivity index (χ3v) is 1.92. The maximum atomic E-state index is 12.6. The molecule has 0 radical (unpaired) electrons. The smallest absolute Gasteiger partial charge is 0.207 e. The van der Waals surface area contributed by atoms with Gasteiger partial charge in [0.1, 0.15) is 0 Å². The second-order valence-electron chi connectivity index (χ2n) is 2.96. The van der Waals surface area contributed by atoms with Crippen LogP contribution in [0.4, 0.5) is 8.78 Å². The Labute approximate surface area is 59.9 Å². The molecule has 0 amide bonds. The molecule has 2 heteroatoms. The Bertz CT molecular complexity index is 138. The van der Waals surface area contributed by atoms with Crippen molar-refractivity contribution in [3.8, 4) is 0 Å². The Morgan fingerprint density at radius 2 is 1.90 bits per heavy atom. The average Bonchev–Trinajstić information content (AvgIpc) is 1.94. The van der Waals surface area contributed by atoms with Gasteiger partial charge in [-0.2, -0.15) is 0 Å². The molecule has 1 saturated carbocycles. The third-order valence-electron chi connectivity index (χ3n) is 1.92. The predicted octanol–water partition coefficient (Wildman–Crippen LogP) is 3.14. The number of hydrogen-bond donors (Lipinski definition) is 0. The topological polar surface area (TPSA) is 0 Å². The molecule has 0 bridgehead atoms. The summed E-state index contributed by atoms with van der Waals surface area (Å²) in [6.45, 7) is 3.71. The molecule has 0 unspecified atom stereocenters. The Kier molecular flexibility index (Phi) is 2.07. The summed E-state index contributed by atoms with van der Waals surface area (Å²) in [5.41, 5.74) is 0.983. The third kappa shape index (κ3) is 2.09. The van der Waals surface area contributed by atoms with E-state index in [0.717, 1.165) is 12.0 Å². The molecule has 0 saturated heterocycles. The lowest BCUT2D eigenvalue weighted by Gasteiger charge is -2.10. The van der Waals surface area contributed by atoms with Crippen LogP contribution in [0.1, 0.15) is 32.1 Å². The first-order chi connectivity index (χ1) is 4.60. The monoisotopic (exact) mass is 146 g/mol. The molecule has 0 N–H and O–H groups in total. The van der Waals surface area contributed by atoms with Crippen LogP contribution in [-0.2, 0) is 0 Å². The van der Waals surface area contributed by atoms with Gasteiger partial charge in [-0.3, -0.25) is 0 Å². The van der Waals surface area contributed by atoms with Crippen LogP contribution in [0.5, 0.6) is 0 Å². The fraction of sp³-hybridized carbons (Fsp3) is 0.750. The van der Waals surface area contributed by atoms with Crippen molar-refractivity contribution < 1.29 is 8.78 Å². The van der Waals surface area contributed by atoms with Crippen molar-refractivity contribution in [1.82, 2.24) is 0 Å². The molecular formula is C8H12F2. The highest BCUT2D eigenvalue weighted by atomic mass is 19.3. The lowest BCUT2D eigenvalue weighted by molar-refractivity contribution is -0.0131. The van der Waals surface area contributed by atoms with E-state index in [-0.39, 0.29) is 12.8 Å². The Morgan fingerprint density at radius 3 is 2.60 bits per heavy atom. The van der Waals surface area contributed by atoms with Crippen LogP contribution in [0.25, 0.3) is 0 Å². The number of rotatable bonds is 0. The standard InChI is InChI=1S/C8H12F2/c1-7-3-2-5-8(9,10)6-4-7/h1-6H2. The van der Waals surface area contributed by atoms with Crippen molar-refractivity contribution in [3.63, 3.8) is 0 Å². The number of hydrogen-bond acceptors (Lipinski definition) is 0. The Balaban J connectivity index is 2.48. The van der Waals surface area contributed by atoms with Gasteiger partial charge in [-0.15, -0.1) is 0 Å². The minimum atomic E-state index is -2.42. The minimum absolute atomic E-state index is 0.00579. The van der Waals surface area contributed by atoms with E-state index >= 15 is 0 Å². The first kappa shape index (κ1) is 7.70. The van der Waals surface area contributed by atoms with Crippen molar-refractivity contribution in [2.45, 2.75) is 38.0 Å². The van der Waals surface area contributed by atoms with Gasteiger partial charge in [0, 0.05) is 12.8 Å². The zero-order valence-corrected chi connectivity index (χ0v) is 6.00. The fourth-order valence-corrected chi connectivity index (χ4v) is 1.21. The van der Waals surface area contributed by atoms with Crippen LogP contribution < -0.4 is 0 Å². The fourth-order valence-electron chi connectivity index (χ4n) is 1.21. The Morgan fingerprint density at radius 1 is 1.20 bits per heavy atom. The Hall–Kier alpha value is -0.400. The van der Waals surface area contributed by atoms with E-state index in [1.54, 1.807) is 0 Å². The molecule has 0 aromatic heterocycles. The van der Waals surface area contributed by atoms with Crippen molar-refractivity contribution in [2.75, 3.05) is 0 Å². The van der Waals surface area contributed by atoms with Gasteiger partial charge in [0.05, 0.1) is 0 Å². The van der Waals surface area contributed by atoms with Gasteiger partial charge >= 0.3 is 0 Å². The summed E-state index contributed by atoms with van der Waals surface area (Å²) in [5, 5.41) is 0. The van der Waals surface area contributed by atoms with E-state index in [9.17, 15) is 8.78 Å². The molecule has 1 aliphatic rings. The average molecular weight is 146 g/mol. The molecule has 0 aliphatic heterocycles. The van der Waals surface area contributed by atoms with Gasteiger partial charge in [0.25, 0.3) is 0 Å². The largest absolute Gasteiger partial charge is 0.248 e. The second-order valence-corrected chi connectivity index (χ2v) is 2.96. The van der Waals surface area contributed by atoms with Gasteiger partial charge in [0.15, 0.2) is 0 Å². The maximum Gasteiger partial charge on any atom is 0.248 e. The highest BCUT2D eigenvalue weighted by Crippen LogP contribution is 2.33. The first-order valence-electron chi connectivity index (χ1n) is 3.65. The SMILES string of the molecule is C=C1CCCC(F)(F)CC1. The predicted molar refractivity (Wildman–Crippen MR) is 37.2 cm³/mol. The van der Waals surface area contributed by atoms with E-state index in [0.29, 0.717) is 12.8 Å². The lowest BCUT2D eigenvalue weighted by atomic mass is 10.1. The summed E-state index contributed by atoms with van der Waals surface area (Å²) in [7, 11) is 0. The van der Waals surface area contributed by atoms with Crippen LogP contribution in [0.15, 0.2) is 12.2 Å². The van der Waals surface area contributed by atoms with Crippen molar-refractivity contribution in [3.05, 3.63) is 12.2 Å².